The van der Waals surface area contributed by atoms with Crippen LogP contribution in [-0.4, -0.2) is 11.8 Å². The second kappa shape index (κ2) is 7.97. The summed E-state index contributed by atoms with van der Waals surface area (Å²) in [6, 6.07) is 17.0. The molecule has 2 aromatic rings. The normalized spacial score (nSPS) is 12.3. The van der Waals surface area contributed by atoms with Gasteiger partial charge < -0.3 is 10.6 Å². The van der Waals surface area contributed by atoms with Crippen molar-refractivity contribution in [2.24, 2.45) is 0 Å². The average molecular weight is 338 g/mol. The quantitative estimate of drug-likeness (QED) is 0.859. The number of nitrogens with one attached hydrogen (secondary N) is 2. The first kappa shape index (κ1) is 18.7. The molecular formula is C21H26N2O2. The fraction of sp³-hybridized carbons (Fsp3) is 0.333. The SMILES string of the molecule is CC(=O)NC(CC(=O)Nc1ccccc1C(C)(C)C)c1ccccc1. The number of benzene rings is 2. The molecule has 0 aliphatic heterocycles. The van der Waals surface area contributed by atoms with Crippen LogP contribution >= 0.6 is 0 Å². The number of carbonyl (C=O) groups excluding carboxylic acids is 2. The summed E-state index contributed by atoms with van der Waals surface area (Å²) in [6.45, 7) is 7.80. The summed E-state index contributed by atoms with van der Waals surface area (Å²) in [4.78, 5) is 24.1. The first-order valence-electron chi connectivity index (χ1n) is 8.49. The van der Waals surface area contributed by atoms with Crippen molar-refractivity contribution < 1.29 is 9.59 Å². The van der Waals surface area contributed by atoms with Crippen molar-refractivity contribution >= 4 is 17.5 Å². The highest BCUT2D eigenvalue weighted by atomic mass is 16.2. The van der Waals surface area contributed by atoms with Crippen molar-refractivity contribution in [3.63, 3.8) is 0 Å². The van der Waals surface area contributed by atoms with Gasteiger partial charge in [0.1, 0.15) is 0 Å². The monoisotopic (exact) mass is 338 g/mol. The maximum Gasteiger partial charge on any atom is 0.226 e. The van der Waals surface area contributed by atoms with E-state index in [1.165, 1.54) is 6.92 Å². The Hall–Kier alpha value is -2.62. The van der Waals surface area contributed by atoms with Crippen molar-refractivity contribution in [2.75, 3.05) is 5.32 Å². The van der Waals surface area contributed by atoms with E-state index in [1.54, 1.807) is 0 Å². The number of carbonyl (C=O) groups is 2. The Morgan fingerprint density at radius 1 is 0.960 bits per heavy atom. The minimum absolute atomic E-state index is 0.0691. The lowest BCUT2D eigenvalue weighted by Gasteiger charge is -2.24. The van der Waals surface area contributed by atoms with E-state index < -0.39 is 0 Å². The van der Waals surface area contributed by atoms with Gasteiger partial charge in [-0.3, -0.25) is 9.59 Å². The topological polar surface area (TPSA) is 58.2 Å². The Kier molecular flexibility index (Phi) is 5.97. The van der Waals surface area contributed by atoms with Crippen LogP contribution in [0.2, 0.25) is 0 Å². The van der Waals surface area contributed by atoms with Gasteiger partial charge >= 0.3 is 0 Å². The van der Waals surface area contributed by atoms with Crippen LogP contribution in [-0.2, 0) is 15.0 Å². The molecule has 0 aliphatic carbocycles. The molecule has 0 radical (unpaired) electrons. The van der Waals surface area contributed by atoms with Gasteiger partial charge in [0, 0.05) is 12.6 Å². The lowest BCUT2D eigenvalue weighted by atomic mass is 9.86. The standard InChI is InChI=1S/C21H26N2O2/c1-15(24)22-19(16-10-6-5-7-11-16)14-20(25)23-18-13-9-8-12-17(18)21(2,3)4/h5-13,19H,14H2,1-4H3,(H,22,24)(H,23,25). The van der Waals surface area contributed by atoms with Crippen molar-refractivity contribution in [1.82, 2.24) is 5.32 Å². The largest absolute Gasteiger partial charge is 0.349 e. The zero-order valence-corrected chi connectivity index (χ0v) is 15.3. The third-order valence-corrected chi connectivity index (χ3v) is 3.98. The summed E-state index contributed by atoms with van der Waals surface area (Å²) in [7, 11) is 0. The van der Waals surface area contributed by atoms with Crippen LogP contribution < -0.4 is 10.6 Å². The zero-order chi connectivity index (χ0) is 18.4. The van der Waals surface area contributed by atoms with E-state index in [1.807, 2.05) is 54.6 Å². The van der Waals surface area contributed by atoms with Gasteiger partial charge in [-0.2, -0.15) is 0 Å². The van der Waals surface area contributed by atoms with Crippen LogP contribution in [0.3, 0.4) is 0 Å². The number of hydrogen-bond acceptors (Lipinski definition) is 2. The summed E-state index contributed by atoms with van der Waals surface area (Å²) in [6.07, 6.45) is 0.183. The number of amides is 2. The molecule has 1 atom stereocenters. The molecule has 2 rings (SSSR count). The predicted molar refractivity (Wildman–Crippen MR) is 101 cm³/mol. The van der Waals surface area contributed by atoms with Gasteiger partial charge in [-0.05, 0) is 22.6 Å². The number of rotatable bonds is 5. The van der Waals surface area contributed by atoms with Crippen molar-refractivity contribution in [3.05, 3.63) is 65.7 Å². The summed E-state index contributed by atoms with van der Waals surface area (Å²) < 4.78 is 0. The Morgan fingerprint density at radius 2 is 1.56 bits per heavy atom. The first-order valence-corrected chi connectivity index (χ1v) is 8.49. The molecule has 4 heteroatoms. The lowest BCUT2D eigenvalue weighted by molar-refractivity contribution is -0.120. The highest BCUT2D eigenvalue weighted by molar-refractivity contribution is 5.92. The van der Waals surface area contributed by atoms with Gasteiger partial charge in [-0.25, -0.2) is 0 Å². The molecule has 0 spiro atoms. The van der Waals surface area contributed by atoms with E-state index in [2.05, 4.69) is 31.4 Å². The Morgan fingerprint density at radius 3 is 2.16 bits per heavy atom. The molecule has 0 bridgehead atoms. The molecule has 4 nitrogen and oxygen atoms in total. The molecule has 0 aromatic heterocycles. The summed E-state index contributed by atoms with van der Waals surface area (Å²) in [5, 5.41) is 5.86. The van der Waals surface area contributed by atoms with E-state index >= 15 is 0 Å². The van der Waals surface area contributed by atoms with Crippen LogP contribution in [0, 0.1) is 0 Å². The highest BCUT2D eigenvalue weighted by Crippen LogP contribution is 2.29. The molecule has 25 heavy (non-hydrogen) atoms. The fourth-order valence-electron chi connectivity index (χ4n) is 2.82. The number of para-hydroxylation sites is 1. The predicted octanol–water partition coefficient (Wildman–Crippen LogP) is 4.19. The van der Waals surface area contributed by atoms with E-state index in [4.69, 9.17) is 0 Å². The number of hydrogen-bond donors (Lipinski definition) is 2. The molecule has 0 fully saturated rings. The molecule has 0 heterocycles. The lowest BCUT2D eigenvalue weighted by Crippen LogP contribution is -2.30. The Balaban J connectivity index is 2.16. The van der Waals surface area contributed by atoms with Crippen LogP contribution in [0.1, 0.15) is 51.3 Å². The second-order valence-corrected chi connectivity index (χ2v) is 7.21. The molecule has 132 valence electrons. The first-order chi connectivity index (χ1) is 11.8. The Labute approximate surface area is 149 Å². The second-order valence-electron chi connectivity index (χ2n) is 7.21. The summed E-state index contributed by atoms with van der Waals surface area (Å²) in [5.41, 5.74) is 2.74. The van der Waals surface area contributed by atoms with Crippen molar-refractivity contribution in [2.45, 2.75) is 45.6 Å². The van der Waals surface area contributed by atoms with Crippen LogP contribution in [0.25, 0.3) is 0 Å². The molecule has 0 saturated carbocycles. The van der Waals surface area contributed by atoms with E-state index in [0.29, 0.717) is 0 Å². The van der Waals surface area contributed by atoms with Gasteiger partial charge in [0.25, 0.3) is 0 Å². The fourth-order valence-corrected chi connectivity index (χ4v) is 2.82. The molecule has 1 unspecified atom stereocenters. The van der Waals surface area contributed by atoms with Crippen LogP contribution in [0.4, 0.5) is 5.69 Å². The van der Waals surface area contributed by atoms with Gasteiger partial charge in [0.05, 0.1) is 12.5 Å². The van der Waals surface area contributed by atoms with Crippen LogP contribution in [0.15, 0.2) is 54.6 Å². The van der Waals surface area contributed by atoms with E-state index in [9.17, 15) is 9.59 Å². The summed E-state index contributed by atoms with van der Waals surface area (Å²) >= 11 is 0. The third kappa shape index (κ3) is 5.45. The van der Waals surface area contributed by atoms with Crippen molar-refractivity contribution in [1.29, 1.82) is 0 Å². The molecule has 0 saturated heterocycles. The molecular weight excluding hydrogens is 312 g/mol. The van der Waals surface area contributed by atoms with E-state index in [0.717, 1.165) is 16.8 Å². The molecule has 2 aromatic carbocycles. The van der Waals surface area contributed by atoms with Gasteiger partial charge in [-0.15, -0.1) is 0 Å². The van der Waals surface area contributed by atoms with E-state index in [-0.39, 0.29) is 29.7 Å². The van der Waals surface area contributed by atoms with Gasteiger partial charge in [-0.1, -0.05) is 69.3 Å². The minimum atomic E-state index is -0.347. The smallest absolute Gasteiger partial charge is 0.226 e. The van der Waals surface area contributed by atoms with Gasteiger partial charge in [0.15, 0.2) is 0 Å². The highest BCUT2D eigenvalue weighted by Gasteiger charge is 2.21. The maximum absolute atomic E-state index is 12.6. The Bertz CT molecular complexity index is 733. The molecule has 2 amide bonds. The molecule has 0 aliphatic rings. The third-order valence-electron chi connectivity index (χ3n) is 3.98. The minimum Gasteiger partial charge on any atom is -0.349 e. The summed E-state index contributed by atoms with van der Waals surface area (Å²) in [5.74, 6) is -0.281. The van der Waals surface area contributed by atoms with Crippen LogP contribution in [0.5, 0.6) is 0 Å². The van der Waals surface area contributed by atoms with Crippen molar-refractivity contribution in [3.8, 4) is 0 Å². The zero-order valence-electron chi connectivity index (χ0n) is 15.3. The maximum atomic E-state index is 12.6. The molecule has 2 N–H and O–H groups in total. The van der Waals surface area contributed by atoms with Gasteiger partial charge in [0.2, 0.25) is 11.8 Å². The number of anilines is 1. The average Bonchev–Trinajstić information content (AvgIpc) is 2.54.